The van der Waals surface area contributed by atoms with Crippen LogP contribution < -0.4 is 4.74 Å². The van der Waals surface area contributed by atoms with Gasteiger partial charge in [0.1, 0.15) is 5.75 Å². The summed E-state index contributed by atoms with van der Waals surface area (Å²) in [7, 11) is 1.63. The molecule has 0 saturated heterocycles. The van der Waals surface area contributed by atoms with E-state index in [9.17, 15) is 4.79 Å². The molecule has 2 rings (SSSR count). The van der Waals surface area contributed by atoms with Crippen LogP contribution in [0.1, 0.15) is 30.5 Å². The Kier molecular flexibility index (Phi) is 3.90. The molecule has 5 heteroatoms. The second-order valence-corrected chi connectivity index (χ2v) is 5.19. The van der Waals surface area contributed by atoms with E-state index >= 15 is 0 Å². The van der Waals surface area contributed by atoms with Crippen molar-refractivity contribution in [1.29, 1.82) is 0 Å². The van der Waals surface area contributed by atoms with Gasteiger partial charge in [0, 0.05) is 22.2 Å². The minimum Gasteiger partial charge on any atom is -0.495 e. The van der Waals surface area contributed by atoms with E-state index < -0.39 is 0 Å². The predicted molar refractivity (Wildman–Crippen MR) is 70.7 cm³/mol. The summed E-state index contributed by atoms with van der Waals surface area (Å²) >= 11 is 3.48. The molecule has 98 valence electrons. The highest BCUT2D eigenvalue weighted by Crippen LogP contribution is 2.53. The zero-order chi connectivity index (χ0) is 13.3. The Morgan fingerprint density at radius 3 is 2.94 bits per heavy atom. The lowest BCUT2D eigenvalue weighted by Gasteiger charge is -2.12. The molecule has 0 N–H and O–H groups in total. The molecule has 1 aliphatic rings. The fraction of sp³-hybridized carbons (Fsp3) is 0.538. The van der Waals surface area contributed by atoms with Crippen molar-refractivity contribution in [2.24, 2.45) is 5.92 Å². The molecule has 1 saturated carbocycles. The SMILES string of the molecule is CCOC(=O)C1CC1c1c(Br)cnc(C)c1OC. The van der Waals surface area contributed by atoms with Gasteiger partial charge in [-0.25, -0.2) is 0 Å². The first-order valence-corrected chi connectivity index (χ1v) is 6.75. The van der Waals surface area contributed by atoms with Gasteiger partial charge in [-0.05, 0) is 36.2 Å². The van der Waals surface area contributed by atoms with E-state index in [0.717, 1.165) is 27.9 Å². The molecule has 1 heterocycles. The summed E-state index contributed by atoms with van der Waals surface area (Å²) in [6, 6.07) is 0. The average Bonchev–Trinajstić information content (AvgIpc) is 3.12. The molecule has 0 bridgehead atoms. The van der Waals surface area contributed by atoms with E-state index in [0.29, 0.717) is 6.61 Å². The van der Waals surface area contributed by atoms with Crippen LogP contribution in [0, 0.1) is 12.8 Å². The summed E-state index contributed by atoms with van der Waals surface area (Å²) in [6.07, 6.45) is 2.57. The minimum atomic E-state index is -0.120. The summed E-state index contributed by atoms with van der Waals surface area (Å²) < 4.78 is 11.3. The van der Waals surface area contributed by atoms with Crippen molar-refractivity contribution in [2.75, 3.05) is 13.7 Å². The topological polar surface area (TPSA) is 48.4 Å². The maximum absolute atomic E-state index is 11.7. The molecule has 1 aliphatic carbocycles. The van der Waals surface area contributed by atoms with Gasteiger partial charge >= 0.3 is 5.97 Å². The van der Waals surface area contributed by atoms with Gasteiger partial charge in [0.05, 0.1) is 25.3 Å². The molecule has 0 radical (unpaired) electrons. The molecule has 1 fully saturated rings. The fourth-order valence-electron chi connectivity index (χ4n) is 2.21. The molecule has 1 aromatic rings. The van der Waals surface area contributed by atoms with Crippen LogP contribution in [0.25, 0.3) is 0 Å². The van der Waals surface area contributed by atoms with Gasteiger partial charge < -0.3 is 9.47 Å². The molecule has 1 aromatic heterocycles. The first-order valence-electron chi connectivity index (χ1n) is 5.95. The molecule has 4 nitrogen and oxygen atoms in total. The number of hydrogen-bond donors (Lipinski definition) is 0. The van der Waals surface area contributed by atoms with Crippen molar-refractivity contribution in [3.63, 3.8) is 0 Å². The highest BCUT2D eigenvalue weighted by molar-refractivity contribution is 9.10. The van der Waals surface area contributed by atoms with E-state index in [2.05, 4.69) is 20.9 Å². The minimum absolute atomic E-state index is 0.0445. The van der Waals surface area contributed by atoms with Crippen LogP contribution in [0.15, 0.2) is 10.7 Å². The highest BCUT2D eigenvalue weighted by atomic mass is 79.9. The molecule has 0 spiro atoms. The number of methoxy groups -OCH3 is 1. The lowest BCUT2D eigenvalue weighted by atomic mass is 10.1. The normalized spacial score (nSPS) is 21.6. The summed E-state index contributed by atoms with van der Waals surface area (Å²) in [5, 5.41) is 0. The second-order valence-electron chi connectivity index (χ2n) is 4.34. The quantitative estimate of drug-likeness (QED) is 0.802. The molecular formula is C13H16BrNO3. The van der Waals surface area contributed by atoms with Crippen molar-refractivity contribution in [2.45, 2.75) is 26.2 Å². The van der Waals surface area contributed by atoms with E-state index in [1.165, 1.54) is 0 Å². The van der Waals surface area contributed by atoms with Crippen LogP contribution in [0.3, 0.4) is 0 Å². The number of pyridine rings is 1. The third-order valence-electron chi connectivity index (χ3n) is 3.16. The molecule has 2 unspecified atom stereocenters. The van der Waals surface area contributed by atoms with E-state index in [1.54, 1.807) is 13.3 Å². The number of ether oxygens (including phenoxy) is 2. The van der Waals surface area contributed by atoms with Crippen molar-refractivity contribution < 1.29 is 14.3 Å². The van der Waals surface area contributed by atoms with Gasteiger partial charge in [0.25, 0.3) is 0 Å². The Bertz CT molecular complexity index is 476. The smallest absolute Gasteiger partial charge is 0.309 e. The third-order valence-corrected chi connectivity index (χ3v) is 3.79. The number of aromatic nitrogens is 1. The second kappa shape index (κ2) is 5.26. The van der Waals surface area contributed by atoms with Crippen LogP contribution in [0.5, 0.6) is 5.75 Å². The number of esters is 1. The number of carbonyl (C=O) groups is 1. The third kappa shape index (κ3) is 2.36. The lowest BCUT2D eigenvalue weighted by Crippen LogP contribution is -2.08. The van der Waals surface area contributed by atoms with Gasteiger partial charge in [0.2, 0.25) is 0 Å². The number of nitrogens with zero attached hydrogens (tertiary/aromatic N) is 1. The Morgan fingerprint density at radius 2 is 2.33 bits per heavy atom. The Labute approximate surface area is 115 Å². The summed E-state index contributed by atoms with van der Waals surface area (Å²) in [6.45, 7) is 4.15. The molecule has 0 aromatic carbocycles. The standard InChI is InChI=1S/C13H16BrNO3/c1-4-18-13(16)9-5-8(9)11-10(14)6-15-7(2)12(11)17-3/h6,8-9H,4-5H2,1-3H3. The molecule has 0 aliphatic heterocycles. The number of rotatable bonds is 4. The highest BCUT2D eigenvalue weighted by Gasteiger charge is 2.47. The van der Waals surface area contributed by atoms with Crippen molar-refractivity contribution >= 4 is 21.9 Å². The molecular weight excluding hydrogens is 298 g/mol. The number of aryl methyl sites for hydroxylation is 1. The van der Waals surface area contributed by atoms with Crippen molar-refractivity contribution in [3.8, 4) is 5.75 Å². The molecule has 0 amide bonds. The van der Waals surface area contributed by atoms with Crippen LogP contribution >= 0.6 is 15.9 Å². The fourth-order valence-corrected chi connectivity index (χ4v) is 2.79. The van der Waals surface area contributed by atoms with Crippen molar-refractivity contribution in [1.82, 2.24) is 4.98 Å². The van der Waals surface area contributed by atoms with Gasteiger partial charge in [-0.15, -0.1) is 0 Å². The van der Waals surface area contributed by atoms with Crippen molar-refractivity contribution in [3.05, 3.63) is 21.9 Å². The average molecular weight is 314 g/mol. The molecule has 18 heavy (non-hydrogen) atoms. The van der Waals surface area contributed by atoms with Gasteiger partial charge in [-0.1, -0.05) is 0 Å². The number of halogens is 1. The number of hydrogen-bond acceptors (Lipinski definition) is 4. The zero-order valence-electron chi connectivity index (χ0n) is 10.7. The first-order chi connectivity index (χ1) is 8.60. The summed E-state index contributed by atoms with van der Waals surface area (Å²) in [5.74, 6) is 0.777. The van der Waals surface area contributed by atoms with Crippen LogP contribution in [0.4, 0.5) is 0 Å². The van der Waals surface area contributed by atoms with Crippen LogP contribution in [-0.4, -0.2) is 24.7 Å². The van der Waals surface area contributed by atoms with Gasteiger partial charge in [-0.2, -0.15) is 0 Å². The molecule has 2 atom stereocenters. The monoisotopic (exact) mass is 313 g/mol. The van der Waals surface area contributed by atoms with E-state index in [1.807, 2.05) is 13.8 Å². The number of carbonyl (C=O) groups excluding carboxylic acids is 1. The maximum atomic E-state index is 11.7. The largest absolute Gasteiger partial charge is 0.495 e. The van der Waals surface area contributed by atoms with Gasteiger partial charge in [-0.3, -0.25) is 9.78 Å². The Balaban J connectivity index is 2.26. The Morgan fingerprint density at radius 1 is 1.61 bits per heavy atom. The Hall–Kier alpha value is -1.10. The van der Waals surface area contributed by atoms with Crippen LogP contribution in [-0.2, 0) is 9.53 Å². The van der Waals surface area contributed by atoms with E-state index in [4.69, 9.17) is 9.47 Å². The summed E-state index contributed by atoms with van der Waals surface area (Å²) in [4.78, 5) is 15.9. The van der Waals surface area contributed by atoms with E-state index in [-0.39, 0.29) is 17.8 Å². The maximum Gasteiger partial charge on any atom is 0.309 e. The predicted octanol–water partition coefficient (Wildman–Crippen LogP) is 2.83. The first kappa shape index (κ1) is 13.3. The summed E-state index contributed by atoms with van der Waals surface area (Å²) in [5.41, 5.74) is 1.87. The van der Waals surface area contributed by atoms with Gasteiger partial charge in [0.15, 0.2) is 0 Å². The zero-order valence-corrected chi connectivity index (χ0v) is 12.3. The lowest BCUT2D eigenvalue weighted by molar-refractivity contribution is -0.144. The van der Waals surface area contributed by atoms with Crippen LogP contribution in [0.2, 0.25) is 0 Å².